The molecule has 0 saturated carbocycles. The fourth-order valence-electron chi connectivity index (χ4n) is 3.02. The van der Waals surface area contributed by atoms with Crippen LogP contribution in [0.15, 0.2) is 71.1 Å². The summed E-state index contributed by atoms with van der Waals surface area (Å²) >= 11 is 7.30. The number of thiazole rings is 1. The Morgan fingerprint density at radius 3 is 2.47 bits per heavy atom. The Morgan fingerprint density at radius 1 is 1.00 bits per heavy atom. The highest BCUT2D eigenvalue weighted by Crippen LogP contribution is 2.38. The molecule has 0 fully saturated rings. The maximum Gasteiger partial charge on any atom is 0.416 e. The van der Waals surface area contributed by atoms with Gasteiger partial charge in [0, 0.05) is 22.2 Å². The van der Waals surface area contributed by atoms with Gasteiger partial charge in [-0.2, -0.15) is 13.2 Å². The van der Waals surface area contributed by atoms with E-state index in [9.17, 15) is 21.6 Å². The van der Waals surface area contributed by atoms with Crippen LogP contribution in [0.2, 0.25) is 5.02 Å². The molecule has 1 heterocycles. The van der Waals surface area contributed by atoms with E-state index in [1.807, 2.05) is 0 Å². The van der Waals surface area contributed by atoms with Gasteiger partial charge in [-0.25, -0.2) is 13.4 Å². The van der Waals surface area contributed by atoms with Gasteiger partial charge < -0.3 is 0 Å². The molecule has 0 amide bonds. The van der Waals surface area contributed by atoms with Gasteiger partial charge >= 0.3 is 6.18 Å². The Balaban J connectivity index is 1.77. The van der Waals surface area contributed by atoms with Crippen molar-refractivity contribution in [1.82, 2.24) is 4.98 Å². The van der Waals surface area contributed by atoms with Crippen LogP contribution in [-0.4, -0.2) is 13.4 Å². The van der Waals surface area contributed by atoms with Crippen LogP contribution in [0.3, 0.4) is 0 Å². The Bertz CT molecular complexity index is 1340. The van der Waals surface area contributed by atoms with Crippen LogP contribution in [0.1, 0.15) is 5.56 Å². The van der Waals surface area contributed by atoms with Gasteiger partial charge in [-0.3, -0.25) is 4.72 Å². The first-order valence-corrected chi connectivity index (χ1v) is 11.2. The third-order valence-electron chi connectivity index (χ3n) is 4.40. The second-order valence-electron chi connectivity index (χ2n) is 6.32. The zero-order valence-corrected chi connectivity index (χ0v) is 17.3. The minimum Gasteiger partial charge on any atom is -0.255 e. The highest BCUT2D eigenvalue weighted by molar-refractivity contribution is 7.93. The Hall–Kier alpha value is -2.62. The van der Waals surface area contributed by atoms with E-state index < -0.39 is 21.8 Å². The van der Waals surface area contributed by atoms with Gasteiger partial charge in [0.25, 0.3) is 10.0 Å². The largest absolute Gasteiger partial charge is 0.416 e. The number of aromatic nitrogens is 1. The number of rotatable bonds is 4. The molecule has 0 unspecified atom stereocenters. The van der Waals surface area contributed by atoms with E-state index in [0.717, 1.165) is 23.5 Å². The number of alkyl halides is 3. The van der Waals surface area contributed by atoms with Gasteiger partial charge in [0.05, 0.1) is 10.5 Å². The SMILES string of the molecule is O=S(=O)(Nc1nccs1)c1ccc2c(-c3ccc(C(F)(F)F)cc3Cl)cccc2c1. The lowest BCUT2D eigenvalue weighted by molar-refractivity contribution is -0.137. The van der Waals surface area contributed by atoms with E-state index in [2.05, 4.69) is 9.71 Å². The monoisotopic (exact) mass is 468 g/mol. The fourth-order valence-corrected chi connectivity index (χ4v) is 5.13. The molecule has 4 aromatic rings. The van der Waals surface area contributed by atoms with Crippen LogP contribution in [0, 0.1) is 0 Å². The zero-order valence-electron chi connectivity index (χ0n) is 14.9. The number of benzene rings is 3. The third-order valence-corrected chi connectivity index (χ3v) is 6.87. The molecule has 1 aromatic heterocycles. The molecule has 3 aromatic carbocycles. The molecule has 4 rings (SSSR count). The first-order chi connectivity index (χ1) is 14.1. The number of hydrogen-bond acceptors (Lipinski definition) is 4. The number of hydrogen-bond donors (Lipinski definition) is 1. The van der Waals surface area contributed by atoms with Crippen molar-refractivity contribution in [2.75, 3.05) is 4.72 Å². The van der Waals surface area contributed by atoms with Crippen molar-refractivity contribution in [3.63, 3.8) is 0 Å². The summed E-state index contributed by atoms with van der Waals surface area (Å²) in [6.07, 6.45) is -3.00. The number of nitrogens with one attached hydrogen (secondary N) is 1. The molecule has 0 radical (unpaired) electrons. The lowest BCUT2D eigenvalue weighted by Gasteiger charge is -2.13. The standard InChI is InChI=1S/C20H12ClF3N2O2S2/c21-18-11-13(20(22,23)24)4-6-17(18)16-3-1-2-12-10-14(5-7-15(12)16)30(27,28)26-19-25-8-9-29-19/h1-11H,(H,25,26). The summed E-state index contributed by atoms with van der Waals surface area (Å²) in [5, 5.41) is 3.12. The van der Waals surface area contributed by atoms with E-state index in [4.69, 9.17) is 11.6 Å². The first kappa shape index (κ1) is 20.6. The third kappa shape index (κ3) is 4.00. The summed E-state index contributed by atoms with van der Waals surface area (Å²) in [5.41, 5.74) is 0.188. The maximum atomic E-state index is 12.9. The fraction of sp³-hybridized carbons (Fsp3) is 0.0500. The molecule has 0 aliphatic heterocycles. The van der Waals surface area contributed by atoms with Crippen LogP contribution >= 0.6 is 22.9 Å². The summed E-state index contributed by atoms with van der Waals surface area (Å²) in [6.45, 7) is 0. The molecule has 154 valence electrons. The molecule has 0 saturated heterocycles. The summed E-state index contributed by atoms with van der Waals surface area (Å²) in [4.78, 5) is 3.95. The van der Waals surface area contributed by atoms with Crippen LogP contribution in [0.5, 0.6) is 0 Å². The summed E-state index contributed by atoms with van der Waals surface area (Å²) < 4.78 is 66.4. The van der Waals surface area contributed by atoms with Crippen molar-refractivity contribution in [1.29, 1.82) is 0 Å². The van der Waals surface area contributed by atoms with Crippen molar-refractivity contribution >= 4 is 48.9 Å². The van der Waals surface area contributed by atoms with Gasteiger partial charge in [-0.1, -0.05) is 41.9 Å². The minimum atomic E-state index is -4.49. The van der Waals surface area contributed by atoms with E-state index in [1.165, 1.54) is 24.4 Å². The summed E-state index contributed by atoms with van der Waals surface area (Å²) in [6, 6.07) is 12.8. The quantitative estimate of drug-likeness (QED) is 0.375. The second-order valence-corrected chi connectivity index (χ2v) is 9.31. The average molecular weight is 469 g/mol. The number of sulfonamides is 1. The van der Waals surface area contributed by atoms with Gasteiger partial charge in [0.2, 0.25) is 0 Å². The van der Waals surface area contributed by atoms with Crippen molar-refractivity contribution < 1.29 is 21.6 Å². The lowest BCUT2D eigenvalue weighted by atomic mass is 9.97. The topological polar surface area (TPSA) is 59.1 Å². The molecule has 0 spiro atoms. The van der Waals surface area contributed by atoms with E-state index in [-0.39, 0.29) is 15.0 Å². The zero-order chi connectivity index (χ0) is 21.5. The number of anilines is 1. The van der Waals surface area contributed by atoms with E-state index in [1.54, 1.807) is 29.6 Å². The first-order valence-electron chi connectivity index (χ1n) is 8.47. The lowest BCUT2D eigenvalue weighted by Crippen LogP contribution is -2.12. The molecule has 10 heteroatoms. The molecule has 0 atom stereocenters. The van der Waals surface area contributed by atoms with Crippen molar-refractivity contribution in [3.05, 3.63) is 76.8 Å². The molecule has 0 aliphatic carbocycles. The van der Waals surface area contributed by atoms with Gasteiger partial charge in [-0.15, -0.1) is 11.3 Å². The molecule has 0 bridgehead atoms. The van der Waals surface area contributed by atoms with Gasteiger partial charge in [-0.05, 0) is 40.6 Å². The molecular weight excluding hydrogens is 457 g/mol. The van der Waals surface area contributed by atoms with Crippen LogP contribution in [0.4, 0.5) is 18.3 Å². The van der Waals surface area contributed by atoms with Crippen molar-refractivity contribution in [2.45, 2.75) is 11.1 Å². The summed E-state index contributed by atoms with van der Waals surface area (Å²) in [5.74, 6) is 0. The van der Waals surface area contributed by atoms with Gasteiger partial charge in [0.15, 0.2) is 5.13 Å². The predicted octanol–water partition coefficient (Wildman–Crippen LogP) is 6.44. The van der Waals surface area contributed by atoms with Gasteiger partial charge in [0.1, 0.15) is 0 Å². The molecule has 1 N–H and O–H groups in total. The van der Waals surface area contributed by atoms with E-state index >= 15 is 0 Å². The molecule has 4 nitrogen and oxygen atoms in total. The van der Waals surface area contributed by atoms with Crippen molar-refractivity contribution in [2.24, 2.45) is 0 Å². The Kier molecular flexibility index (Phi) is 5.21. The van der Waals surface area contributed by atoms with Crippen LogP contribution < -0.4 is 4.72 Å². The Labute approximate surface area is 179 Å². The van der Waals surface area contributed by atoms with Crippen LogP contribution in [-0.2, 0) is 16.2 Å². The number of nitrogens with zero attached hydrogens (tertiary/aromatic N) is 1. The maximum absolute atomic E-state index is 12.9. The molecule has 0 aliphatic rings. The van der Waals surface area contributed by atoms with Crippen molar-refractivity contribution in [3.8, 4) is 11.1 Å². The highest BCUT2D eigenvalue weighted by Gasteiger charge is 2.31. The molecular formula is C20H12ClF3N2O2S2. The van der Waals surface area contributed by atoms with E-state index in [0.29, 0.717) is 21.9 Å². The minimum absolute atomic E-state index is 0.0422. The predicted molar refractivity (Wildman–Crippen MR) is 112 cm³/mol. The molecule has 30 heavy (non-hydrogen) atoms. The Morgan fingerprint density at radius 2 is 1.80 bits per heavy atom. The average Bonchev–Trinajstić information content (AvgIpc) is 3.18. The number of halogens is 4. The summed E-state index contributed by atoms with van der Waals surface area (Å²) in [7, 11) is -3.84. The van der Waals surface area contributed by atoms with Crippen LogP contribution in [0.25, 0.3) is 21.9 Å². The number of fused-ring (bicyclic) bond motifs is 1. The smallest absolute Gasteiger partial charge is 0.255 e. The second kappa shape index (κ2) is 7.57. The highest BCUT2D eigenvalue weighted by atomic mass is 35.5. The normalized spacial score (nSPS) is 12.3.